The van der Waals surface area contributed by atoms with Gasteiger partial charge in [0.1, 0.15) is 0 Å². The molecule has 0 spiro atoms. The Morgan fingerprint density at radius 3 is 0.750 bits per heavy atom. The SMILES string of the molecule is Cl.Cl.N.[Ni]. The van der Waals surface area contributed by atoms with Crippen molar-refractivity contribution in [3.63, 3.8) is 0 Å². The molecule has 4 heavy (non-hydrogen) atoms. The molecule has 0 saturated carbocycles. The summed E-state index contributed by atoms with van der Waals surface area (Å²) in [7, 11) is 0. The fourth-order valence-electron chi connectivity index (χ4n) is 0. The van der Waals surface area contributed by atoms with Gasteiger partial charge < -0.3 is 6.15 Å². The Balaban J connectivity index is 0. The summed E-state index contributed by atoms with van der Waals surface area (Å²) in [6, 6.07) is 0. The quantitative estimate of drug-likeness (QED) is 0.512. The summed E-state index contributed by atoms with van der Waals surface area (Å²) < 4.78 is 0. The van der Waals surface area contributed by atoms with Crippen molar-refractivity contribution in [2.75, 3.05) is 0 Å². The average Bonchev–Trinajstić information content (AvgIpc) is 0. The van der Waals surface area contributed by atoms with E-state index in [0.717, 1.165) is 0 Å². The Morgan fingerprint density at radius 1 is 0.750 bits per heavy atom. The molecule has 3 N–H and O–H groups in total. The second-order valence-electron chi connectivity index (χ2n) is 0. The van der Waals surface area contributed by atoms with Crippen molar-refractivity contribution in [2.24, 2.45) is 0 Å². The molecule has 0 radical (unpaired) electrons. The van der Waals surface area contributed by atoms with Gasteiger partial charge in [-0.2, -0.15) is 0 Å². The maximum absolute atomic E-state index is 0. The Kier molecular flexibility index (Phi) is 666. The standard InChI is InChI=1S/2ClH.H3N.Ni/h2*1H;1H3;. The smallest absolute Gasteiger partial charge is 0 e. The summed E-state index contributed by atoms with van der Waals surface area (Å²) in [5.74, 6) is 0. The monoisotopic (exact) mass is 147 g/mol. The average molecular weight is 149 g/mol. The first kappa shape index (κ1) is 76.7. The van der Waals surface area contributed by atoms with E-state index in [4.69, 9.17) is 0 Å². The summed E-state index contributed by atoms with van der Waals surface area (Å²) >= 11 is 0. The normalized spacial score (nSPS) is 0. The molecule has 0 rings (SSSR count). The molecule has 1 nitrogen and oxygen atoms in total. The summed E-state index contributed by atoms with van der Waals surface area (Å²) in [6.07, 6.45) is 0. The van der Waals surface area contributed by atoms with Gasteiger partial charge in [0.25, 0.3) is 0 Å². The van der Waals surface area contributed by atoms with E-state index in [1.54, 1.807) is 0 Å². The summed E-state index contributed by atoms with van der Waals surface area (Å²) in [5, 5.41) is 0. The minimum absolute atomic E-state index is 0. The van der Waals surface area contributed by atoms with Crippen LogP contribution in [-0.4, -0.2) is 0 Å². The summed E-state index contributed by atoms with van der Waals surface area (Å²) in [5.41, 5.74) is 0. The second kappa shape index (κ2) is 34.7. The molecule has 0 aliphatic carbocycles. The van der Waals surface area contributed by atoms with Gasteiger partial charge in [-0.05, 0) is 0 Å². The molecule has 0 aliphatic rings. The topological polar surface area (TPSA) is 35.0 Å². The van der Waals surface area contributed by atoms with Crippen molar-refractivity contribution in [1.82, 2.24) is 6.15 Å². The molecule has 0 bridgehead atoms. The zero-order chi connectivity index (χ0) is 0. The van der Waals surface area contributed by atoms with E-state index >= 15 is 0 Å². The zero-order valence-electron chi connectivity index (χ0n) is 1.84. The number of hydrogen-bond donors (Lipinski definition) is 1. The Labute approximate surface area is 47.9 Å². The number of rotatable bonds is 0. The predicted molar refractivity (Wildman–Crippen MR) is 19.5 cm³/mol. The molecule has 0 aromatic heterocycles. The molecule has 0 fully saturated rings. The molecule has 0 amide bonds. The van der Waals surface area contributed by atoms with E-state index < -0.39 is 0 Å². The van der Waals surface area contributed by atoms with Crippen LogP contribution < -0.4 is 6.15 Å². The van der Waals surface area contributed by atoms with Crippen LogP contribution in [0, 0.1) is 0 Å². The van der Waals surface area contributed by atoms with Gasteiger partial charge in [-0.15, -0.1) is 24.8 Å². The molecule has 0 aromatic rings. The molecule has 0 unspecified atom stereocenters. The van der Waals surface area contributed by atoms with E-state index in [1.165, 1.54) is 0 Å². The van der Waals surface area contributed by atoms with Crippen molar-refractivity contribution in [1.29, 1.82) is 0 Å². The second-order valence-corrected chi connectivity index (χ2v) is 0. The third-order valence-corrected chi connectivity index (χ3v) is 0. The molecular weight excluding hydrogens is 144 g/mol. The van der Waals surface area contributed by atoms with E-state index in [0.29, 0.717) is 0 Å². The van der Waals surface area contributed by atoms with Gasteiger partial charge in [0.05, 0.1) is 0 Å². The van der Waals surface area contributed by atoms with Crippen LogP contribution in [0.4, 0.5) is 0 Å². The van der Waals surface area contributed by atoms with Crippen LogP contribution in [0.2, 0.25) is 0 Å². The van der Waals surface area contributed by atoms with Crippen LogP contribution in [0.5, 0.6) is 0 Å². The fraction of sp³-hybridized carbons (Fsp3) is 0. The molecule has 4 heteroatoms. The van der Waals surface area contributed by atoms with Crippen LogP contribution in [0.15, 0.2) is 0 Å². The summed E-state index contributed by atoms with van der Waals surface area (Å²) in [4.78, 5) is 0. The van der Waals surface area contributed by atoms with Crippen LogP contribution in [0.25, 0.3) is 0 Å². The zero-order valence-corrected chi connectivity index (χ0v) is 4.46. The van der Waals surface area contributed by atoms with Gasteiger partial charge in [-0.1, -0.05) is 0 Å². The van der Waals surface area contributed by atoms with Gasteiger partial charge in [-0.25, -0.2) is 0 Å². The molecule has 0 aromatic carbocycles. The van der Waals surface area contributed by atoms with Gasteiger partial charge in [0.15, 0.2) is 0 Å². The molecule has 0 aliphatic heterocycles. The van der Waals surface area contributed by atoms with E-state index in [2.05, 4.69) is 0 Å². The molecule has 0 heterocycles. The van der Waals surface area contributed by atoms with Gasteiger partial charge in [0.2, 0.25) is 0 Å². The minimum Gasteiger partial charge on any atom is -0.344 e. The van der Waals surface area contributed by atoms with Crippen molar-refractivity contribution in [2.45, 2.75) is 0 Å². The van der Waals surface area contributed by atoms with Crippen molar-refractivity contribution >= 4 is 24.8 Å². The number of halogens is 2. The van der Waals surface area contributed by atoms with Gasteiger partial charge in [0, 0.05) is 16.5 Å². The Bertz CT molecular complexity index is 6.00. The first-order chi connectivity index (χ1) is 0. The van der Waals surface area contributed by atoms with E-state index in [-0.39, 0.29) is 47.5 Å². The van der Waals surface area contributed by atoms with Gasteiger partial charge in [-0.3, -0.25) is 0 Å². The largest absolute Gasteiger partial charge is 0.344 e. The Morgan fingerprint density at radius 2 is 0.750 bits per heavy atom. The first-order valence-corrected chi connectivity index (χ1v) is 0. The Hall–Kier alpha value is 1.03. The third kappa shape index (κ3) is 11.7. The first-order valence-electron chi connectivity index (χ1n) is 0. The van der Waals surface area contributed by atoms with Gasteiger partial charge >= 0.3 is 0 Å². The van der Waals surface area contributed by atoms with Crippen LogP contribution in [0.1, 0.15) is 0 Å². The van der Waals surface area contributed by atoms with Crippen molar-refractivity contribution < 1.29 is 16.5 Å². The minimum atomic E-state index is 0. The van der Waals surface area contributed by atoms with E-state index in [1.807, 2.05) is 0 Å². The van der Waals surface area contributed by atoms with Crippen LogP contribution in [-0.2, 0) is 16.5 Å². The molecule has 0 saturated heterocycles. The van der Waals surface area contributed by atoms with E-state index in [9.17, 15) is 0 Å². The summed E-state index contributed by atoms with van der Waals surface area (Å²) in [6.45, 7) is 0. The maximum Gasteiger partial charge on any atom is 0 e. The molecule has 0 atom stereocenters. The molecular formula is H5Cl2NNi. The fourth-order valence-corrected chi connectivity index (χ4v) is 0. The van der Waals surface area contributed by atoms with Crippen LogP contribution in [0.3, 0.4) is 0 Å². The van der Waals surface area contributed by atoms with Crippen molar-refractivity contribution in [3.05, 3.63) is 0 Å². The predicted octanol–water partition coefficient (Wildman–Crippen LogP) is 1.00. The maximum atomic E-state index is 0. The third-order valence-electron chi connectivity index (χ3n) is 0. The van der Waals surface area contributed by atoms with Crippen molar-refractivity contribution in [3.8, 4) is 0 Å². The van der Waals surface area contributed by atoms with Crippen LogP contribution >= 0.6 is 24.8 Å². The number of hydrogen-bond acceptors (Lipinski definition) is 1. The molecule has 34 valence electrons.